The Morgan fingerprint density at radius 2 is 1.72 bits per heavy atom. The second-order valence-electron chi connectivity index (χ2n) is 6.67. The van der Waals surface area contributed by atoms with Crippen LogP contribution in [0.1, 0.15) is 36.9 Å². The van der Waals surface area contributed by atoms with Gasteiger partial charge in [0.1, 0.15) is 11.8 Å². The molecule has 1 atom stereocenters. The van der Waals surface area contributed by atoms with Gasteiger partial charge in [-0.25, -0.2) is 0 Å². The Morgan fingerprint density at radius 1 is 1.03 bits per heavy atom. The lowest BCUT2D eigenvalue weighted by Gasteiger charge is -2.31. The summed E-state index contributed by atoms with van der Waals surface area (Å²) in [7, 11) is 3.24. The zero-order valence-corrected chi connectivity index (χ0v) is 17.4. The summed E-state index contributed by atoms with van der Waals surface area (Å²) in [6, 6.07) is 16.2. The third-order valence-electron chi connectivity index (χ3n) is 4.63. The molecule has 6 nitrogen and oxygen atoms in total. The van der Waals surface area contributed by atoms with Crippen molar-refractivity contribution in [2.24, 2.45) is 0 Å². The van der Waals surface area contributed by atoms with Gasteiger partial charge in [-0.15, -0.1) is 0 Å². The second-order valence-corrected chi connectivity index (χ2v) is 6.67. The molecule has 0 aromatic heterocycles. The first kappa shape index (κ1) is 22.4. The molecular formula is C23H30N2O4. The highest BCUT2D eigenvalue weighted by Crippen LogP contribution is 2.25. The van der Waals surface area contributed by atoms with Gasteiger partial charge in [-0.05, 0) is 29.7 Å². The molecule has 0 aliphatic heterocycles. The standard InChI is InChI=1S/C23H30N2O4/c1-4-21(26)25(17-18-11-13-20(29-3)14-12-18)22(19-9-6-5-7-10-19)23(27)24-15-8-16-28-2/h5-7,9-14,22H,4,8,15-17H2,1-3H3,(H,24,27). The molecule has 0 saturated carbocycles. The number of nitrogens with one attached hydrogen (secondary N) is 1. The minimum atomic E-state index is -0.701. The van der Waals surface area contributed by atoms with E-state index in [-0.39, 0.29) is 11.8 Å². The summed E-state index contributed by atoms with van der Waals surface area (Å²) in [5.74, 6) is 0.474. The number of carbonyl (C=O) groups is 2. The maximum absolute atomic E-state index is 13.1. The smallest absolute Gasteiger partial charge is 0.247 e. The number of benzene rings is 2. The fourth-order valence-corrected chi connectivity index (χ4v) is 3.09. The van der Waals surface area contributed by atoms with Crippen molar-refractivity contribution in [3.63, 3.8) is 0 Å². The molecule has 2 aromatic rings. The molecule has 0 radical (unpaired) electrons. The molecule has 1 unspecified atom stereocenters. The summed E-state index contributed by atoms with van der Waals surface area (Å²) >= 11 is 0. The molecule has 0 aliphatic carbocycles. The summed E-state index contributed by atoms with van der Waals surface area (Å²) in [6.07, 6.45) is 1.03. The Kier molecular flexibility index (Phi) is 9.18. The normalized spacial score (nSPS) is 11.6. The van der Waals surface area contributed by atoms with Gasteiger partial charge in [0.25, 0.3) is 0 Å². The fraction of sp³-hybridized carbons (Fsp3) is 0.391. The van der Waals surface area contributed by atoms with E-state index in [0.29, 0.717) is 32.5 Å². The van der Waals surface area contributed by atoms with E-state index in [9.17, 15) is 9.59 Å². The molecule has 0 heterocycles. The van der Waals surface area contributed by atoms with Gasteiger partial charge < -0.3 is 19.7 Å². The Bertz CT molecular complexity index is 762. The molecule has 2 amide bonds. The molecule has 0 saturated heterocycles. The Balaban J connectivity index is 2.30. The van der Waals surface area contributed by atoms with Gasteiger partial charge in [0.15, 0.2) is 0 Å². The summed E-state index contributed by atoms with van der Waals surface area (Å²) in [4.78, 5) is 27.6. The summed E-state index contributed by atoms with van der Waals surface area (Å²) in [6.45, 7) is 3.20. The van der Waals surface area contributed by atoms with E-state index in [4.69, 9.17) is 9.47 Å². The van der Waals surface area contributed by atoms with E-state index < -0.39 is 6.04 Å². The van der Waals surface area contributed by atoms with Crippen molar-refractivity contribution in [2.45, 2.75) is 32.4 Å². The highest BCUT2D eigenvalue weighted by molar-refractivity contribution is 5.88. The zero-order valence-electron chi connectivity index (χ0n) is 17.4. The first-order chi connectivity index (χ1) is 14.1. The van der Waals surface area contributed by atoms with Crippen LogP contribution in [0, 0.1) is 0 Å². The molecule has 29 heavy (non-hydrogen) atoms. The number of carbonyl (C=O) groups excluding carboxylic acids is 2. The van der Waals surface area contributed by atoms with Crippen molar-refractivity contribution >= 4 is 11.8 Å². The minimum Gasteiger partial charge on any atom is -0.497 e. The molecule has 0 fully saturated rings. The predicted molar refractivity (Wildman–Crippen MR) is 113 cm³/mol. The van der Waals surface area contributed by atoms with Crippen molar-refractivity contribution < 1.29 is 19.1 Å². The minimum absolute atomic E-state index is 0.0817. The highest BCUT2D eigenvalue weighted by atomic mass is 16.5. The van der Waals surface area contributed by atoms with Crippen LogP contribution in [-0.2, 0) is 20.9 Å². The molecule has 0 spiro atoms. The molecule has 1 N–H and O–H groups in total. The number of amides is 2. The van der Waals surface area contributed by atoms with Crippen LogP contribution in [0.3, 0.4) is 0 Å². The lowest BCUT2D eigenvalue weighted by molar-refractivity contribution is -0.141. The van der Waals surface area contributed by atoms with Crippen molar-refractivity contribution in [1.82, 2.24) is 10.2 Å². The lowest BCUT2D eigenvalue weighted by atomic mass is 10.0. The quantitative estimate of drug-likeness (QED) is 0.590. The molecule has 156 valence electrons. The maximum Gasteiger partial charge on any atom is 0.247 e. The van der Waals surface area contributed by atoms with Gasteiger partial charge in [0.05, 0.1) is 7.11 Å². The molecule has 2 aromatic carbocycles. The average molecular weight is 399 g/mol. The number of methoxy groups -OCH3 is 2. The van der Waals surface area contributed by atoms with Gasteiger partial charge in [-0.3, -0.25) is 9.59 Å². The van der Waals surface area contributed by atoms with Gasteiger partial charge in [-0.1, -0.05) is 49.4 Å². The molecule has 6 heteroatoms. The monoisotopic (exact) mass is 398 g/mol. The fourth-order valence-electron chi connectivity index (χ4n) is 3.09. The lowest BCUT2D eigenvalue weighted by Crippen LogP contribution is -2.43. The van der Waals surface area contributed by atoms with Gasteiger partial charge in [0.2, 0.25) is 11.8 Å². The third-order valence-corrected chi connectivity index (χ3v) is 4.63. The topological polar surface area (TPSA) is 67.9 Å². The van der Waals surface area contributed by atoms with E-state index in [1.807, 2.05) is 61.5 Å². The zero-order chi connectivity index (χ0) is 21.1. The van der Waals surface area contributed by atoms with Crippen LogP contribution in [0.4, 0.5) is 0 Å². The van der Waals surface area contributed by atoms with Crippen LogP contribution in [-0.4, -0.2) is 44.1 Å². The Hall–Kier alpha value is -2.86. The van der Waals surface area contributed by atoms with E-state index in [1.165, 1.54) is 0 Å². The van der Waals surface area contributed by atoms with Gasteiger partial charge in [0, 0.05) is 33.2 Å². The van der Waals surface area contributed by atoms with Crippen molar-refractivity contribution in [3.8, 4) is 5.75 Å². The van der Waals surface area contributed by atoms with Crippen LogP contribution in [0.15, 0.2) is 54.6 Å². The largest absolute Gasteiger partial charge is 0.497 e. The molecule has 2 rings (SSSR count). The van der Waals surface area contributed by atoms with E-state index in [0.717, 1.165) is 16.9 Å². The van der Waals surface area contributed by atoms with Crippen molar-refractivity contribution in [2.75, 3.05) is 27.4 Å². The highest BCUT2D eigenvalue weighted by Gasteiger charge is 2.30. The Morgan fingerprint density at radius 3 is 2.31 bits per heavy atom. The van der Waals surface area contributed by atoms with Gasteiger partial charge in [-0.2, -0.15) is 0 Å². The number of hydrogen-bond donors (Lipinski definition) is 1. The Labute approximate surface area is 172 Å². The van der Waals surface area contributed by atoms with Crippen molar-refractivity contribution in [3.05, 3.63) is 65.7 Å². The first-order valence-electron chi connectivity index (χ1n) is 9.84. The van der Waals surface area contributed by atoms with Crippen LogP contribution in [0.5, 0.6) is 5.75 Å². The van der Waals surface area contributed by atoms with Gasteiger partial charge >= 0.3 is 0 Å². The number of ether oxygens (including phenoxy) is 2. The first-order valence-corrected chi connectivity index (χ1v) is 9.84. The number of nitrogens with zero attached hydrogens (tertiary/aromatic N) is 1. The molecule has 0 aliphatic rings. The van der Waals surface area contributed by atoms with Crippen LogP contribution in [0.25, 0.3) is 0 Å². The third kappa shape index (κ3) is 6.61. The maximum atomic E-state index is 13.1. The van der Waals surface area contributed by atoms with Crippen molar-refractivity contribution in [1.29, 1.82) is 0 Å². The molecule has 0 bridgehead atoms. The summed E-state index contributed by atoms with van der Waals surface area (Å²) in [5, 5.41) is 2.95. The number of hydrogen-bond acceptors (Lipinski definition) is 4. The average Bonchev–Trinajstić information content (AvgIpc) is 2.77. The SMILES string of the molecule is CCC(=O)N(Cc1ccc(OC)cc1)C(C(=O)NCCCOC)c1ccccc1. The van der Waals surface area contributed by atoms with Crippen LogP contribution < -0.4 is 10.1 Å². The molecular weight excluding hydrogens is 368 g/mol. The number of rotatable bonds is 11. The summed E-state index contributed by atoms with van der Waals surface area (Å²) < 4.78 is 10.3. The van der Waals surface area contributed by atoms with E-state index >= 15 is 0 Å². The van der Waals surface area contributed by atoms with Crippen LogP contribution in [0.2, 0.25) is 0 Å². The predicted octanol–water partition coefficient (Wildman–Crippen LogP) is 3.33. The van der Waals surface area contributed by atoms with E-state index in [2.05, 4.69) is 5.32 Å². The van der Waals surface area contributed by atoms with Crippen LogP contribution >= 0.6 is 0 Å². The summed E-state index contributed by atoms with van der Waals surface area (Å²) in [5.41, 5.74) is 1.72. The second kappa shape index (κ2) is 11.9. The van der Waals surface area contributed by atoms with E-state index in [1.54, 1.807) is 19.1 Å².